The summed E-state index contributed by atoms with van der Waals surface area (Å²) in [7, 11) is 3.88. The molecular weight excluding hydrogens is 448 g/mol. The van der Waals surface area contributed by atoms with Crippen LogP contribution in [0.5, 0.6) is 0 Å². The Morgan fingerprint density at radius 1 is 1.00 bits per heavy atom. The van der Waals surface area contributed by atoms with Crippen LogP contribution in [0, 0.1) is 16.7 Å². The van der Waals surface area contributed by atoms with Crippen LogP contribution >= 0.6 is 11.6 Å². The molecule has 0 bridgehead atoms. The van der Waals surface area contributed by atoms with Gasteiger partial charge in [0.25, 0.3) is 0 Å². The van der Waals surface area contributed by atoms with E-state index >= 15 is 0 Å². The number of fused-ring (bicyclic) bond motifs is 1. The van der Waals surface area contributed by atoms with Gasteiger partial charge in [-0.25, -0.2) is 4.98 Å². The van der Waals surface area contributed by atoms with Gasteiger partial charge in [0.1, 0.15) is 28.8 Å². The van der Waals surface area contributed by atoms with Gasteiger partial charge in [-0.3, -0.25) is 20.1 Å². The van der Waals surface area contributed by atoms with E-state index in [1.54, 1.807) is 27.7 Å². The average molecular weight is 473 g/mol. The molecular formula is C25H25ClN8. The molecule has 1 unspecified atom stereocenters. The third kappa shape index (κ3) is 4.20. The molecule has 1 aromatic carbocycles. The number of anilines is 3. The molecule has 172 valence electrons. The average Bonchev–Trinajstić information content (AvgIpc) is 3.22. The van der Waals surface area contributed by atoms with Gasteiger partial charge >= 0.3 is 0 Å². The molecule has 0 radical (unpaired) electrons. The predicted octanol–water partition coefficient (Wildman–Crippen LogP) is 4.29. The second-order valence-corrected chi connectivity index (χ2v) is 8.95. The normalized spacial score (nSPS) is 15.3. The minimum absolute atomic E-state index is 0.0192. The molecule has 3 aromatic heterocycles. The fourth-order valence-electron chi connectivity index (χ4n) is 4.35. The number of halogens is 1. The summed E-state index contributed by atoms with van der Waals surface area (Å²) in [6.45, 7) is 0.702. The summed E-state index contributed by atoms with van der Waals surface area (Å²) in [6.07, 6.45) is 4.20. The number of hydrogen-bond acceptors (Lipinski definition) is 6. The summed E-state index contributed by atoms with van der Waals surface area (Å²) in [6, 6.07) is 17.4. The lowest BCUT2D eigenvalue weighted by molar-refractivity contribution is 0.606. The molecule has 0 saturated carbocycles. The predicted molar refractivity (Wildman–Crippen MR) is 135 cm³/mol. The van der Waals surface area contributed by atoms with Crippen molar-refractivity contribution in [2.24, 2.45) is 13.0 Å². The monoisotopic (exact) mass is 472 g/mol. The number of benzene rings is 1. The molecule has 4 aromatic rings. The number of nitrogens with zero attached hydrogens (tertiary/aromatic N) is 5. The number of rotatable bonds is 5. The first-order valence-corrected chi connectivity index (χ1v) is 11.3. The summed E-state index contributed by atoms with van der Waals surface area (Å²) < 4.78 is 3.47. The van der Waals surface area contributed by atoms with Crippen LogP contribution in [-0.4, -0.2) is 38.8 Å². The van der Waals surface area contributed by atoms with Crippen LogP contribution in [0.15, 0.2) is 67.0 Å². The van der Waals surface area contributed by atoms with Crippen molar-refractivity contribution in [1.82, 2.24) is 19.3 Å². The Hall–Kier alpha value is -3.91. The van der Waals surface area contributed by atoms with Crippen molar-refractivity contribution in [3.05, 3.63) is 83.1 Å². The summed E-state index contributed by atoms with van der Waals surface area (Å²) in [5.41, 5.74) is 3.26. The van der Waals surface area contributed by atoms with Crippen molar-refractivity contribution in [3.8, 4) is 11.1 Å². The quantitative estimate of drug-likeness (QED) is 0.403. The number of aryl methyl sites for hydroxylation is 1. The van der Waals surface area contributed by atoms with Crippen molar-refractivity contribution < 1.29 is 0 Å². The van der Waals surface area contributed by atoms with Gasteiger partial charge in [-0.15, -0.1) is 0 Å². The summed E-state index contributed by atoms with van der Waals surface area (Å²) in [4.78, 5) is 6.54. The van der Waals surface area contributed by atoms with E-state index in [0.29, 0.717) is 23.2 Å². The minimum Gasteiger partial charge on any atom is -0.360 e. The van der Waals surface area contributed by atoms with Gasteiger partial charge in [-0.05, 0) is 59.5 Å². The van der Waals surface area contributed by atoms with Crippen LogP contribution in [0.1, 0.15) is 5.56 Å². The van der Waals surface area contributed by atoms with E-state index in [1.165, 1.54) is 0 Å². The maximum Gasteiger partial charge on any atom is 0.132 e. The maximum atomic E-state index is 8.85. The molecule has 5 rings (SSSR count). The Balaban J connectivity index is 1.45. The van der Waals surface area contributed by atoms with E-state index in [1.807, 2.05) is 62.6 Å². The zero-order valence-corrected chi connectivity index (χ0v) is 19.7. The van der Waals surface area contributed by atoms with Gasteiger partial charge < -0.3 is 10.2 Å². The fraction of sp³-hybridized carbons (Fsp3) is 0.200. The Morgan fingerprint density at radius 2 is 1.79 bits per heavy atom. The Morgan fingerprint density at radius 3 is 2.53 bits per heavy atom. The van der Waals surface area contributed by atoms with Gasteiger partial charge in [-0.2, -0.15) is 5.10 Å². The molecule has 1 aliphatic rings. The van der Waals surface area contributed by atoms with Crippen LogP contribution in [0.25, 0.3) is 11.1 Å². The van der Waals surface area contributed by atoms with Crippen molar-refractivity contribution in [3.63, 3.8) is 0 Å². The third-order valence-electron chi connectivity index (χ3n) is 6.13. The van der Waals surface area contributed by atoms with E-state index in [9.17, 15) is 0 Å². The first-order valence-electron chi connectivity index (χ1n) is 11.0. The highest BCUT2D eigenvalue weighted by Crippen LogP contribution is 2.29. The van der Waals surface area contributed by atoms with Gasteiger partial charge in [-0.1, -0.05) is 23.7 Å². The van der Waals surface area contributed by atoms with E-state index in [0.717, 1.165) is 34.7 Å². The molecule has 0 amide bonds. The molecule has 9 heteroatoms. The second kappa shape index (κ2) is 8.79. The highest BCUT2D eigenvalue weighted by Gasteiger charge is 2.28. The van der Waals surface area contributed by atoms with E-state index < -0.39 is 0 Å². The van der Waals surface area contributed by atoms with Crippen molar-refractivity contribution in [1.29, 1.82) is 10.8 Å². The van der Waals surface area contributed by atoms with Crippen LogP contribution in [0.2, 0.25) is 5.02 Å². The smallest absolute Gasteiger partial charge is 0.132 e. The zero-order valence-electron chi connectivity index (χ0n) is 19.0. The molecule has 4 heterocycles. The van der Waals surface area contributed by atoms with Gasteiger partial charge in [0.05, 0.1) is 6.20 Å². The largest absolute Gasteiger partial charge is 0.360 e. The molecule has 0 fully saturated rings. The topological polar surface area (TPSA) is 98.6 Å². The van der Waals surface area contributed by atoms with Crippen LogP contribution in [-0.2, 0) is 13.5 Å². The molecule has 1 atom stereocenters. The standard InChI is InChI=1S/C25H25ClN8/c1-32-15-19(11-16-3-5-20(26)6-4-16)25(28)34-21(27)12-18(14-24(32)34)17-7-9-29-22(13-17)31-23-8-10-30-33(23)2/h3-10,12-14,19,27-28H,11,15H2,1-2H3,(H,29,31). The molecule has 8 nitrogen and oxygen atoms in total. The molecule has 1 aliphatic heterocycles. The van der Waals surface area contributed by atoms with Gasteiger partial charge in [0.2, 0.25) is 0 Å². The van der Waals surface area contributed by atoms with Crippen molar-refractivity contribution in [2.75, 3.05) is 23.8 Å². The molecule has 0 spiro atoms. The molecule has 3 N–H and O–H groups in total. The third-order valence-corrected chi connectivity index (χ3v) is 6.38. The number of nitrogens with one attached hydrogen (secondary N) is 3. The lowest BCUT2D eigenvalue weighted by Gasteiger charge is -2.35. The number of pyridine rings is 2. The highest BCUT2D eigenvalue weighted by atomic mass is 35.5. The van der Waals surface area contributed by atoms with Crippen molar-refractivity contribution in [2.45, 2.75) is 6.42 Å². The van der Waals surface area contributed by atoms with E-state index in [-0.39, 0.29) is 11.4 Å². The minimum atomic E-state index is -0.0192. The fourth-order valence-corrected chi connectivity index (χ4v) is 4.47. The van der Waals surface area contributed by atoms with E-state index in [2.05, 4.69) is 20.3 Å². The molecule has 0 aliphatic carbocycles. The highest BCUT2D eigenvalue weighted by molar-refractivity contribution is 6.30. The first-order chi connectivity index (χ1) is 16.4. The maximum absolute atomic E-state index is 8.85. The summed E-state index contributed by atoms with van der Waals surface area (Å²) >= 11 is 6.02. The lowest BCUT2D eigenvalue weighted by Crippen LogP contribution is -2.46. The lowest BCUT2D eigenvalue weighted by atomic mass is 9.95. The van der Waals surface area contributed by atoms with Crippen LogP contribution < -0.4 is 15.7 Å². The van der Waals surface area contributed by atoms with E-state index in [4.69, 9.17) is 22.4 Å². The zero-order chi connectivity index (χ0) is 23.8. The molecule has 0 saturated heterocycles. The first kappa shape index (κ1) is 21.9. The SMILES string of the molecule is CN1CC(Cc2ccc(Cl)cc2)C(=N)n2c1cc(-c1ccnc(Nc3ccnn3C)c1)cc2=N. The Bertz CT molecular complexity index is 1420. The van der Waals surface area contributed by atoms with Gasteiger partial charge in [0.15, 0.2) is 0 Å². The second-order valence-electron chi connectivity index (χ2n) is 8.51. The number of hydrogen-bond donors (Lipinski definition) is 3. The van der Waals surface area contributed by atoms with Crippen LogP contribution in [0.3, 0.4) is 0 Å². The van der Waals surface area contributed by atoms with Gasteiger partial charge in [0, 0.05) is 43.8 Å². The van der Waals surface area contributed by atoms with Crippen LogP contribution in [0.4, 0.5) is 17.5 Å². The van der Waals surface area contributed by atoms with Crippen molar-refractivity contribution >= 4 is 34.9 Å². The Kier molecular flexibility index (Phi) is 5.67. The Labute approximate surface area is 202 Å². The summed E-state index contributed by atoms with van der Waals surface area (Å²) in [5.74, 6) is 2.79. The summed E-state index contributed by atoms with van der Waals surface area (Å²) in [5, 5.41) is 25.7. The number of aromatic nitrogens is 4. The molecule has 34 heavy (non-hydrogen) atoms.